The number of hydrogen-bond donors (Lipinski definition) is 1. The van der Waals surface area contributed by atoms with Crippen LogP contribution in [0.15, 0.2) is 95.1 Å². The summed E-state index contributed by atoms with van der Waals surface area (Å²) < 4.78 is 5.48. The average molecular weight is 432 g/mol. The van der Waals surface area contributed by atoms with Gasteiger partial charge in [0, 0.05) is 17.6 Å². The van der Waals surface area contributed by atoms with Crippen molar-refractivity contribution in [1.82, 2.24) is 15.2 Å². The van der Waals surface area contributed by atoms with Crippen molar-refractivity contribution >= 4 is 23.2 Å². The Kier molecular flexibility index (Phi) is 6.54. The number of amides is 2. The van der Waals surface area contributed by atoms with Crippen molar-refractivity contribution in [2.75, 3.05) is 0 Å². The lowest BCUT2D eigenvalue weighted by molar-refractivity contribution is -0.126. The van der Waals surface area contributed by atoms with Gasteiger partial charge in [0.1, 0.15) is 17.5 Å². The minimum absolute atomic E-state index is 0.143. The molecule has 31 heavy (non-hydrogen) atoms. The second-order valence-corrected chi connectivity index (χ2v) is 7.83. The van der Waals surface area contributed by atoms with Gasteiger partial charge in [-0.15, -0.1) is 11.3 Å². The summed E-state index contributed by atoms with van der Waals surface area (Å²) in [5, 5.41) is 4.87. The topological polar surface area (TPSA) is 75.4 Å². The second kappa shape index (κ2) is 9.86. The molecule has 1 atom stereocenters. The van der Waals surface area contributed by atoms with Crippen molar-refractivity contribution in [2.45, 2.75) is 19.1 Å². The van der Waals surface area contributed by atoms with E-state index in [1.165, 1.54) is 16.2 Å². The van der Waals surface area contributed by atoms with Gasteiger partial charge in [0.05, 0.1) is 12.8 Å². The van der Waals surface area contributed by atoms with Crippen LogP contribution < -0.4 is 5.32 Å². The van der Waals surface area contributed by atoms with Crippen LogP contribution in [0.2, 0.25) is 0 Å². The van der Waals surface area contributed by atoms with Crippen LogP contribution in [0.25, 0.3) is 0 Å². The van der Waals surface area contributed by atoms with Gasteiger partial charge in [0.15, 0.2) is 0 Å². The summed E-state index contributed by atoms with van der Waals surface area (Å²) in [6.45, 7) is 0.512. The van der Waals surface area contributed by atoms with Gasteiger partial charge in [-0.1, -0.05) is 42.5 Å². The van der Waals surface area contributed by atoms with E-state index < -0.39 is 6.04 Å². The molecule has 0 fully saturated rings. The third-order valence-electron chi connectivity index (χ3n) is 4.73. The first-order chi connectivity index (χ1) is 15.2. The molecule has 4 rings (SSSR count). The van der Waals surface area contributed by atoms with Crippen LogP contribution in [0.4, 0.5) is 0 Å². The third kappa shape index (κ3) is 5.07. The quantitative estimate of drug-likeness (QED) is 0.448. The van der Waals surface area contributed by atoms with Crippen molar-refractivity contribution in [3.63, 3.8) is 0 Å². The maximum Gasteiger partial charge on any atom is 0.273 e. The SMILES string of the molecule is O=C(NCc1ccccc1)C(c1cccs1)N(Cc1ccco1)C(=O)c1ccccn1. The lowest BCUT2D eigenvalue weighted by Gasteiger charge is -2.29. The Hall–Kier alpha value is -3.71. The summed E-state index contributed by atoms with van der Waals surface area (Å²) >= 11 is 1.43. The summed E-state index contributed by atoms with van der Waals surface area (Å²) in [6, 6.07) is 21.3. The van der Waals surface area contributed by atoms with E-state index in [2.05, 4.69) is 10.3 Å². The highest BCUT2D eigenvalue weighted by Crippen LogP contribution is 2.29. The van der Waals surface area contributed by atoms with Gasteiger partial charge in [-0.05, 0) is 41.3 Å². The van der Waals surface area contributed by atoms with Crippen molar-refractivity contribution in [3.05, 3.63) is 113 Å². The fraction of sp³-hybridized carbons (Fsp3) is 0.125. The van der Waals surface area contributed by atoms with E-state index in [0.717, 1.165) is 10.4 Å². The number of pyridine rings is 1. The molecule has 0 saturated carbocycles. The van der Waals surface area contributed by atoms with E-state index in [1.54, 1.807) is 42.8 Å². The Bertz CT molecular complexity index is 1100. The summed E-state index contributed by atoms with van der Waals surface area (Å²) in [7, 11) is 0. The number of aromatic nitrogens is 1. The van der Waals surface area contributed by atoms with Crippen molar-refractivity contribution < 1.29 is 14.0 Å². The fourth-order valence-electron chi connectivity index (χ4n) is 3.24. The van der Waals surface area contributed by atoms with Crippen LogP contribution >= 0.6 is 11.3 Å². The van der Waals surface area contributed by atoms with E-state index in [4.69, 9.17) is 4.42 Å². The van der Waals surface area contributed by atoms with Crippen LogP contribution in [-0.2, 0) is 17.9 Å². The van der Waals surface area contributed by atoms with Crippen LogP contribution in [0.5, 0.6) is 0 Å². The standard InChI is InChI=1S/C24H21N3O3S/c28-23(26-16-18-8-2-1-3-9-18)22(21-12-7-15-31-21)27(17-19-10-6-14-30-19)24(29)20-11-4-5-13-25-20/h1-15,22H,16-17H2,(H,26,28). The number of thiophene rings is 1. The number of nitrogens with zero attached hydrogens (tertiary/aromatic N) is 2. The first-order valence-corrected chi connectivity index (χ1v) is 10.7. The molecule has 0 spiro atoms. The average Bonchev–Trinajstić information content (AvgIpc) is 3.53. The zero-order valence-corrected chi connectivity index (χ0v) is 17.5. The number of rotatable bonds is 8. The van der Waals surface area contributed by atoms with E-state index in [-0.39, 0.29) is 24.1 Å². The van der Waals surface area contributed by atoms with E-state index in [1.807, 2.05) is 47.8 Å². The van der Waals surface area contributed by atoms with Crippen molar-refractivity contribution in [3.8, 4) is 0 Å². The second-order valence-electron chi connectivity index (χ2n) is 6.85. The molecule has 2 amide bonds. The monoisotopic (exact) mass is 431 g/mol. The van der Waals surface area contributed by atoms with Gasteiger partial charge < -0.3 is 14.6 Å². The molecule has 0 bridgehead atoms. The molecule has 7 heteroatoms. The smallest absolute Gasteiger partial charge is 0.273 e. The zero-order valence-electron chi connectivity index (χ0n) is 16.7. The molecule has 4 aromatic rings. The number of carbonyl (C=O) groups excluding carboxylic acids is 2. The molecular formula is C24H21N3O3S. The molecule has 0 aliphatic carbocycles. The van der Waals surface area contributed by atoms with Crippen molar-refractivity contribution in [1.29, 1.82) is 0 Å². The Morgan fingerprint density at radius 1 is 1.00 bits per heavy atom. The zero-order chi connectivity index (χ0) is 21.5. The van der Waals surface area contributed by atoms with Crippen molar-refractivity contribution in [2.24, 2.45) is 0 Å². The Balaban J connectivity index is 1.66. The highest BCUT2D eigenvalue weighted by molar-refractivity contribution is 7.10. The third-order valence-corrected chi connectivity index (χ3v) is 5.66. The molecule has 1 unspecified atom stereocenters. The Morgan fingerprint density at radius 3 is 2.52 bits per heavy atom. The number of nitrogens with one attached hydrogen (secondary N) is 1. The molecular weight excluding hydrogens is 410 g/mol. The largest absolute Gasteiger partial charge is 0.467 e. The molecule has 3 heterocycles. The highest BCUT2D eigenvalue weighted by atomic mass is 32.1. The maximum atomic E-state index is 13.4. The first kappa shape index (κ1) is 20.6. The number of carbonyl (C=O) groups is 2. The predicted molar refractivity (Wildman–Crippen MR) is 118 cm³/mol. The summed E-state index contributed by atoms with van der Waals surface area (Å²) in [5.41, 5.74) is 1.25. The molecule has 0 aliphatic heterocycles. The van der Waals surface area contributed by atoms with Gasteiger partial charge in [-0.25, -0.2) is 0 Å². The molecule has 0 saturated heterocycles. The minimum Gasteiger partial charge on any atom is -0.467 e. The summed E-state index contributed by atoms with van der Waals surface area (Å²) in [4.78, 5) is 33.3. The lowest BCUT2D eigenvalue weighted by Crippen LogP contribution is -2.43. The maximum absolute atomic E-state index is 13.4. The molecule has 1 N–H and O–H groups in total. The van der Waals surface area contributed by atoms with Gasteiger partial charge in [0.25, 0.3) is 5.91 Å². The van der Waals surface area contributed by atoms with Crippen LogP contribution in [0.1, 0.15) is 32.7 Å². The Labute approximate surface area is 184 Å². The fourth-order valence-corrected chi connectivity index (χ4v) is 4.07. The number of furan rings is 1. The normalized spacial score (nSPS) is 11.6. The molecule has 6 nitrogen and oxygen atoms in total. The number of hydrogen-bond acceptors (Lipinski definition) is 5. The minimum atomic E-state index is -0.816. The molecule has 1 aromatic carbocycles. The molecule has 0 radical (unpaired) electrons. The van der Waals surface area contributed by atoms with Crippen LogP contribution in [0.3, 0.4) is 0 Å². The predicted octanol–water partition coefficient (Wildman–Crippen LogP) is 4.44. The van der Waals surface area contributed by atoms with Crippen LogP contribution in [0, 0.1) is 0 Å². The lowest BCUT2D eigenvalue weighted by atomic mass is 10.1. The van der Waals surface area contributed by atoms with Gasteiger partial charge in [0.2, 0.25) is 5.91 Å². The summed E-state index contributed by atoms with van der Waals surface area (Å²) in [5.74, 6) is -0.0194. The Morgan fingerprint density at radius 2 is 1.84 bits per heavy atom. The van der Waals surface area contributed by atoms with E-state index in [0.29, 0.717) is 12.3 Å². The van der Waals surface area contributed by atoms with Gasteiger partial charge in [-0.2, -0.15) is 0 Å². The highest BCUT2D eigenvalue weighted by Gasteiger charge is 2.34. The number of benzene rings is 1. The van der Waals surface area contributed by atoms with Gasteiger partial charge >= 0.3 is 0 Å². The van der Waals surface area contributed by atoms with Gasteiger partial charge in [-0.3, -0.25) is 14.6 Å². The van der Waals surface area contributed by atoms with E-state index in [9.17, 15) is 9.59 Å². The molecule has 0 aliphatic rings. The van der Waals surface area contributed by atoms with E-state index >= 15 is 0 Å². The summed E-state index contributed by atoms with van der Waals surface area (Å²) in [6.07, 6.45) is 3.11. The molecule has 3 aromatic heterocycles. The van der Waals surface area contributed by atoms with Crippen LogP contribution in [-0.4, -0.2) is 21.7 Å². The molecule has 156 valence electrons. The first-order valence-electron chi connectivity index (χ1n) is 9.82.